The minimum Gasteiger partial charge on any atom is -0.362 e. The van der Waals surface area contributed by atoms with Crippen LogP contribution in [-0.4, -0.2) is 41.8 Å². The third kappa shape index (κ3) is 3.47. The Hall–Kier alpha value is -2.51. The van der Waals surface area contributed by atoms with E-state index in [4.69, 9.17) is 14.0 Å². The summed E-state index contributed by atoms with van der Waals surface area (Å²) in [4.78, 5) is 11.2. The molecule has 0 fully saturated rings. The van der Waals surface area contributed by atoms with Crippen molar-refractivity contribution in [1.82, 2.24) is 15.1 Å². The molecule has 0 aliphatic heterocycles. The van der Waals surface area contributed by atoms with E-state index in [2.05, 4.69) is 48.0 Å². The number of rotatable bonds is 6. The Bertz CT molecular complexity index is 966. The van der Waals surface area contributed by atoms with E-state index in [9.17, 15) is 0 Å². The van der Waals surface area contributed by atoms with Crippen molar-refractivity contribution >= 4 is 16.9 Å². The highest BCUT2D eigenvalue weighted by Gasteiger charge is 2.28. The lowest BCUT2D eigenvalue weighted by Crippen LogP contribution is -2.43. The van der Waals surface area contributed by atoms with Crippen molar-refractivity contribution in [3.63, 3.8) is 0 Å². The van der Waals surface area contributed by atoms with Gasteiger partial charge in [0, 0.05) is 19.8 Å². The third-order valence-electron chi connectivity index (χ3n) is 5.04. The Balaban J connectivity index is 2.27. The van der Waals surface area contributed by atoms with Crippen LogP contribution in [0.5, 0.6) is 0 Å². The summed E-state index contributed by atoms with van der Waals surface area (Å²) in [6, 6.07) is 4.29. The zero-order valence-corrected chi connectivity index (χ0v) is 17.8. The maximum atomic E-state index is 5.77. The SMILES string of the molecule is COC(C)N(c1nc(C)nc2c(-c3c(C)cc(C)cc3C)noc12)C(C)OC. The molecule has 0 spiro atoms. The number of aryl methyl sites for hydroxylation is 4. The molecule has 7 nitrogen and oxygen atoms in total. The van der Waals surface area contributed by atoms with Gasteiger partial charge in [-0.2, -0.15) is 0 Å². The highest BCUT2D eigenvalue weighted by molar-refractivity contribution is 5.95. The van der Waals surface area contributed by atoms with Gasteiger partial charge < -0.3 is 18.9 Å². The number of aromatic nitrogens is 3. The van der Waals surface area contributed by atoms with E-state index in [1.165, 1.54) is 5.56 Å². The van der Waals surface area contributed by atoms with Gasteiger partial charge in [0.05, 0.1) is 0 Å². The number of nitrogens with zero attached hydrogens (tertiary/aromatic N) is 4. The third-order valence-corrected chi connectivity index (χ3v) is 5.04. The highest BCUT2D eigenvalue weighted by Crippen LogP contribution is 2.36. The van der Waals surface area contributed by atoms with Crippen molar-refractivity contribution in [2.45, 2.75) is 54.0 Å². The highest BCUT2D eigenvalue weighted by atomic mass is 16.5. The molecule has 0 bridgehead atoms. The van der Waals surface area contributed by atoms with E-state index in [0.717, 1.165) is 22.4 Å². The average molecular weight is 384 g/mol. The molecule has 2 unspecified atom stereocenters. The van der Waals surface area contributed by atoms with Gasteiger partial charge in [0.2, 0.25) is 5.58 Å². The smallest absolute Gasteiger partial charge is 0.228 e. The second-order valence-electron chi connectivity index (χ2n) is 7.15. The summed E-state index contributed by atoms with van der Waals surface area (Å²) in [6.07, 6.45) is -0.548. The molecule has 0 saturated heterocycles. The van der Waals surface area contributed by atoms with Crippen LogP contribution >= 0.6 is 0 Å². The summed E-state index contributed by atoms with van der Waals surface area (Å²) in [7, 11) is 3.30. The van der Waals surface area contributed by atoms with Gasteiger partial charge in [0.25, 0.3) is 0 Å². The Morgan fingerprint density at radius 2 is 1.50 bits per heavy atom. The van der Waals surface area contributed by atoms with E-state index in [0.29, 0.717) is 22.7 Å². The monoisotopic (exact) mass is 384 g/mol. The molecule has 3 aromatic rings. The van der Waals surface area contributed by atoms with E-state index in [1.807, 2.05) is 25.7 Å². The topological polar surface area (TPSA) is 73.5 Å². The molecular formula is C21H28N4O3. The standard InChI is InChI=1S/C21H28N4O3/c1-11-9-12(2)17(13(3)10-11)18-19-20(28-24-18)21(23-14(4)22-19)25(15(5)26-7)16(6)27-8/h9-10,15-16H,1-8H3. The number of anilines is 1. The summed E-state index contributed by atoms with van der Waals surface area (Å²) >= 11 is 0. The molecule has 1 aromatic carbocycles. The summed E-state index contributed by atoms with van der Waals surface area (Å²) in [5.74, 6) is 1.23. The minimum absolute atomic E-state index is 0.274. The lowest BCUT2D eigenvalue weighted by molar-refractivity contribution is 0.0419. The van der Waals surface area contributed by atoms with Crippen LogP contribution in [0.1, 0.15) is 36.4 Å². The maximum absolute atomic E-state index is 5.77. The Labute approximate surface area is 165 Å². The second kappa shape index (κ2) is 7.85. The lowest BCUT2D eigenvalue weighted by Gasteiger charge is -2.33. The predicted octanol–water partition coefficient (Wildman–Crippen LogP) is 4.31. The molecule has 28 heavy (non-hydrogen) atoms. The van der Waals surface area contributed by atoms with Crippen LogP contribution in [-0.2, 0) is 9.47 Å². The van der Waals surface area contributed by atoms with Crippen molar-refractivity contribution in [2.24, 2.45) is 0 Å². The average Bonchev–Trinajstić information content (AvgIpc) is 3.04. The molecule has 2 atom stereocenters. The van der Waals surface area contributed by atoms with Gasteiger partial charge >= 0.3 is 0 Å². The molecule has 0 aliphatic carbocycles. The van der Waals surface area contributed by atoms with Crippen molar-refractivity contribution in [3.05, 3.63) is 34.6 Å². The molecular weight excluding hydrogens is 356 g/mol. The number of ether oxygens (including phenoxy) is 2. The van der Waals surface area contributed by atoms with Gasteiger partial charge in [0.1, 0.15) is 29.5 Å². The van der Waals surface area contributed by atoms with E-state index in [-0.39, 0.29) is 12.5 Å². The molecule has 0 N–H and O–H groups in total. The maximum Gasteiger partial charge on any atom is 0.228 e. The van der Waals surface area contributed by atoms with Crippen LogP contribution in [0.25, 0.3) is 22.4 Å². The minimum atomic E-state index is -0.274. The quantitative estimate of drug-likeness (QED) is 0.586. The van der Waals surface area contributed by atoms with E-state index >= 15 is 0 Å². The van der Waals surface area contributed by atoms with Crippen molar-refractivity contribution in [2.75, 3.05) is 19.1 Å². The number of hydrogen-bond acceptors (Lipinski definition) is 7. The zero-order chi connectivity index (χ0) is 20.6. The second-order valence-corrected chi connectivity index (χ2v) is 7.15. The van der Waals surface area contributed by atoms with Gasteiger partial charge in [-0.05, 0) is 52.7 Å². The van der Waals surface area contributed by atoms with Gasteiger partial charge in [-0.25, -0.2) is 9.97 Å². The summed E-state index contributed by atoms with van der Waals surface area (Å²) in [5.41, 5.74) is 6.47. The van der Waals surface area contributed by atoms with Crippen molar-refractivity contribution in [3.8, 4) is 11.3 Å². The Morgan fingerprint density at radius 3 is 2.04 bits per heavy atom. The fourth-order valence-corrected chi connectivity index (χ4v) is 3.69. The number of methoxy groups -OCH3 is 2. The van der Waals surface area contributed by atoms with Crippen LogP contribution in [0.3, 0.4) is 0 Å². The number of fused-ring (bicyclic) bond motifs is 1. The van der Waals surface area contributed by atoms with Crippen molar-refractivity contribution < 1.29 is 14.0 Å². The Morgan fingerprint density at radius 1 is 0.929 bits per heavy atom. The molecule has 2 aromatic heterocycles. The Kier molecular flexibility index (Phi) is 5.67. The van der Waals surface area contributed by atoms with Crippen LogP contribution in [0.15, 0.2) is 16.7 Å². The van der Waals surface area contributed by atoms with E-state index in [1.54, 1.807) is 14.2 Å². The summed E-state index contributed by atoms with van der Waals surface area (Å²) in [5, 5.41) is 4.39. The molecule has 3 rings (SSSR count). The van der Waals surface area contributed by atoms with Crippen LogP contribution in [0.2, 0.25) is 0 Å². The van der Waals surface area contributed by atoms with Crippen LogP contribution in [0, 0.1) is 27.7 Å². The number of hydrogen-bond donors (Lipinski definition) is 0. The summed E-state index contributed by atoms with van der Waals surface area (Å²) in [6.45, 7) is 12.0. The molecule has 2 heterocycles. The van der Waals surface area contributed by atoms with Crippen LogP contribution < -0.4 is 4.90 Å². The fourth-order valence-electron chi connectivity index (χ4n) is 3.69. The largest absolute Gasteiger partial charge is 0.362 e. The summed E-state index contributed by atoms with van der Waals surface area (Å²) < 4.78 is 16.9. The molecule has 0 amide bonds. The first-order valence-corrected chi connectivity index (χ1v) is 9.34. The zero-order valence-electron chi connectivity index (χ0n) is 17.8. The first-order valence-electron chi connectivity index (χ1n) is 9.34. The molecule has 0 radical (unpaired) electrons. The number of benzene rings is 1. The first-order chi connectivity index (χ1) is 13.3. The predicted molar refractivity (Wildman–Crippen MR) is 109 cm³/mol. The van der Waals surface area contributed by atoms with E-state index < -0.39 is 0 Å². The van der Waals surface area contributed by atoms with Crippen molar-refractivity contribution in [1.29, 1.82) is 0 Å². The molecule has 7 heteroatoms. The fraction of sp³-hybridized carbons (Fsp3) is 0.476. The van der Waals surface area contributed by atoms with Crippen LogP contribution in [0.4, 0.5) is 5.82 Å². The van der Waals surface area contributed by atoms with Gasteiger partial charge in [0.15, 0.2) is 5.82 Å². The van der Waals surface area contributed by atoms with Gasteiger partial charge in [-0.3, -0.25) is 0 Å². The van der Waals surface area contributed by atoms with Gasteiger partial charge in [-0.15, -0.1) is 0 Å². The molecule has 0 aliphatic rings. The first kappa shape index (κ1) is 20.2. The molecule has 150 valence electrons. The lowest BCUT2D eigenvalue weighted by atomic mass is 9.97. The normalized spacial score (nSPS) is 13.7. The molecule has 0 saturated carbocycles. The van der Waals surface area contributed by atoms with Gasteiger partial charge in [-0.1, -0.05) is 22.9 Å².